The van der Waals surface area contributed by atoms with Gasteiger partial charge in [-0.2, -0.15) is 5.10 Å². The summed E-state index contributed by atoms with van der Waals surface area (Å²) >= 11 is 0. The molecule has 0 amide bonds. The third-order valence-corrected chi connectivity index (χ3v) is 3.93. The molecule has 0 fully saturated rings. The molecule has 2 aromatic rings. The molecule has 0 saturated heterocycles. The van der Waals surface area contributed by atoms with Crippen molar-refractivity contribution in [3.05, 3.63) is 42.0 Å². The normalized spacial score (nSPS) is 18.1. The van der Waals surface area contributed by atoms with Crippen molar-refractivity contribution >= 4 is 5.69 Å². The van der Waals surface area contributed by atoms with Gasteiger partial charge in [-0.25, -0.2) is 4.98 Å². The second-order valence-electron chi connectivity index (χ2n) is 5.18. The number of nitrogens with zero attached hydrogens (tertiary/aromatic N) is 4. The number of hydrogen-bond acceptors (Lipinski definition) is 4. The number of anilines is 1. The van der Waals surface area contributed by atoms with E-state index in [1.54, 1.807) is 6.33 Å². The SMILES string of the molecule is CCNC1CCN(Cc2ncnn2C)c2ccccc21. The van der Waals surface area contributed by atoms with Crippen LogP contribution in [0.1, 0.15) is 30.8 Å². The summed E-state index contributed by atoms with van der Waals surface area (Å²) in [5.41, 5.74) is 2.70. The largest absolute Gasteiger partial charge is 0.364 e. The van der Waals surface area contributed by atoms with E-state index in [0.717, 1.165) is 31.9 Å². The van der Waals surface area contributed by atoms with Gasteiger partial charge in [-0.1, -0.05) is 25.1 Å². The maximum absolute atomic E-state index is 4.33. The topological polar surface area (TPSA) is 46.0 Å². The minimum Gasteiger partial charge on any atom is -0.364 e. The Hall–Kier alpha value is -1.88. The number of para-hydroxylation sites is 1. The van der Waals surface area contributed by atoms with Crippen molar-refractivity contribution in [2.24, 2.45) is 7.05 Å². The highest BCUT2D eigenvalue weighted by Gasteiger charge is 2.24. The number of fused-ring (bicyclic) bond motifs is 1. The first kappa shape index (κ1) is 13.1. The third-order valence-electron chi connectivity index (χ3n) is 3.93. The number of nitrogens with one attached hydrogen (secondary N) is 1. The predicted molar refractivity (Wildman–Crippen MR) is 79.5 cm³/mol. The van der Waals surface area contributed by atoms with Crippen molar-refractivity contribution in [2.45, 2.75) is 25.9 Å². The van der Waals surface area contributed by atoms with E-state index in [1.807, 2.05) is 11.7 Å². The van der Waals surface area contributed by atoms with E-state index in [0.29, 0.717) is 6.04 Å². The fourth-order valence-corrected chi connectivity index (χ4v) is 2.89. The molecule has 1 aromatic carbocycles. The van der Waals surface area contributed by atoms with Crippen LogP contribution >= 0.6 is 0 Å². The van der Waals surface area contributed by atoms with Gasteiger partial charge in [-0.05, 0) is 24.6 Å². The molecule has 1 aromatic heterocycles. The minimum atomic E-state index is 0.465. The highest BCUT2D eigenvalue weighted by Crippen LogP contribution is 2.34. The number of rotatable bonds is 4. The number of aryl methyl sites for hydroxylation is 1. The first-order valence-electron chi connectivity index (χ1n) is 7.19. The second kappa shape index (κ2) is 5.63. The monoisotopic (exact) mass is 271 g/mol. The molecule has 0 radical (unpaired) electrons. The first-order valence-corrected chi connectivity index (χ1v) is 7.19. The fourth-order valence-electron chi connectivity index (χ4n) is 2.89. The highest BCUT2D eigenvalue weighted by molar-refractivity contribution is 5.57. The van der Waals surface area contributed by atoms with Gasteiger partial charge < -0.3 is 10.2 Å². The van der Waals surface area contributed by atoms with E-state index in [1.165, 1.54) is 11.3 Å². The van der Waals surface area contributed by atoms with E-state index in [-0.39, 0.29) is 0 Å². The molecule has 5 nitrogen and oxygen atoms in total. The Morgan fingerprint density at radius 3 is 2.95 bits per heavy atom. The zero-order chi connectivity index (χ0) is 13.9. The van der Waals surface area contributed by atoms with Crippen LogP contribution in [0.25, 0.3) is 0 Å². The van der Waals surface area contributed by atoms with Crippen LogP contribution in [0.3, 0.4) is 0 Å². The van der Waals surface area contributed by atoms with Crippen LogP contribution in [0.5, 0.6) is 0 Å². The van der Waals surface area contributed by atoms with Crippen LogP contribution < -0.4 is 10.2 Å². The summed E-state index contributed by atoms with van der Waals surface area (Å²) in [5, 5.41) is 7.72. The van der Waals surface area contributed by atoms with Gasteiger partial charge in [0.1, 0.15) is 12.2 Å². The van der Waals surface area contributed by atoms with Gasteiger partial charge in [0, 0.05) is 25.3 Å². The zero-order valence-electron chi connectivity index (χ0n) is 12.1. The smallest absolute Gasteiger partial charge is 0.146 e. The van der Waals surface area contributed by atoms with Gasteiger partial charge >= 0.3 is 0 Å². The van der Waals surface area contributed by atoms with Crippen LogP contribution in [-0.2, 0) is 13.6 Å². The lowest BCUT2D eigenvalue weighted by Gasteiger charge is -2.35. The summed E-state index contributed by atoms with van der Waals surface area (Å²) in [7, 11) is 1.94. The standard InChI is InChI=1S/C15H21N5/c1-3-16-13-8-9-20(10-15-17-11-18-19(15)2)14-7-5-4-6-12(13)14/h4-7,11,13,16H,3,8-10H2,1-2H3. The molecule has 106 valence electrons. The van der Waals surface area contributed by atoms with Crippen molar-refractivity contribution in [2.75, 3.05) is 18.0 Å². The van der Waals surface area contributed by atoms with E-state index in [4.69, 9.17) is 0 Å². The highest BCUT2D eigenvalue weighted by atomic mass is 15.3. The number of benzene rings is 1. The lowest BCUT2D eigenvalue weighted by molar-refractivity contribution is 0.485. The molecule has 0 aliphatic carbocycles. The molecule has 0 saturated carbocycles. The Balaban J connectivity index is 1.87. The quantitative estimate of drug-likeness (QED) is 0.922. The Labute approximate surface area is 119 Å². The number of hydrogen-bond donors (Lipinski definition) is 1. The molecule has 0 bridgehead atoms. The van der Waals surface area contributed by atoms with Gasteiger partial charge in [-0.15, -0.1) is 0 Å². The predicted octanol–water partition coefficient (Wildman–Crippen LogP) is 1.88. The Morgan fingerprint density at radius 2 is 2.20 bits per heavy atom. The van der Waals surface area contributed by atoms with Crippen LogP contribution in [0.4, 0.5) is 5.69 Å². The molecule has 0 spiro atoms. The van der Waals surface area contributed by atoms with Gasteiger partial charge in [0.05, 0.1) is 6.54 Å². The van der Waals surface area contributed by atoms with Crippen LogP contribution in [0.2, 0.25) is 0 Å². The van der Waals surface area contributed by atoms with E-state index in [2.05, 4.69) is 51.5 Å². The average molecular weight is 271 g/mol. The van der Waals surface area contributed by atoms with Gasteiger partial charge in [0.2, 0.25) is 0 Å². The molecule has 1 atom stereocenters. The molecule has 1 unspecified atom stereocenters. The van der Waals surface area contributed by atoms with Crippen molar-refractivity contribution in [3.63, 3.8) is 0 Å². The molecule has 1 N–H and O–H groups in total. The van der Waals surface area contributed by atoms with Crippen LogP contribution in [0.15, 0.2) is 30.6 Å². The molecule has 3 rings (SSSR count). The summed E-state index contributed by atoms with van der Waals surface area (Å²) in [6.07, 6.45) is 2.75. The average Bonchev–Trinajstić information content (AvgIpc) is 2.87. The fraction of sp³-hybridized carbons (Fsp3) is 0.467. The Morgan fingerprint density at radius 1 is 1.35 bits per heavy atom. The van der Waals surface area contributed by atoms with Crippen LogP contribution in [0, 0.1) is 0 Å². The van der Waals surface area contributed by atoms with Crippen molar-refractivity contribution in [1.29, 1.82) is 0 Å². The maximum atomic E-state index is 4.33. The van der Waals surface area contributed by atoms with E-state index >= 15 is 0 Å². The Kier molecular flexibility index (Phi) is 3.69. The summed E-state index contributed by atoms with van der Waals surface area (Å²) in [5.74, 6) is 1.00. The van der Waals surface area contributed by atoms with E-state index < -0.39 is 0 Å². The summed E-state index contributed by atoms with van der Waals surface area (Å²) in [6.45, 7) is 5.02. The lowest BCUT2D eigenvalue weighted by Crippen LogP contribution is -2.36. The Bertz CT molecular complexity index is 577. The molecule has 20 heavy (non-hydrogen) atoms. The number of aromatic nitrogens is 3. The van der Waals surface area contributed by atoms with Crippen molar-refractivity contribution in [3.8, 4) is 0 Å². The molecule has 2 heterocycles. The second-order valence-corrected chi connectivity index (χ2v) is 5.18. The minimum absolute atomic E-state index is 0.465. The molecular formula is C15H21N5. The maximum Gasteiger partial charge on any atom is 0.146 e. The molecule has 1 aliphatic heterocycles. The van der Waals surface area contributed by atoms with Gasteiger partial charge in [-0.3, -0.25) is 4.68 Å². The molecular weight excluding hydrogens is 250 g/mol. The summed E-state index contributed by atoms with van der Waals surface area (Å²) in [6, 6.07) is 9.12. The first-order chi connectivity index (χ1) is 9.79. The van der Waals surface area contributed by atoms with Gasteiger partial charge in [0.25, 0.3) is 0 Å². The zero-order valence-corrected chi connectivity index (χ0v) is 12.1. The molecule has 5 heteroatoms. The summed E-state index contributed by atoms with van der Waals surface area (Å²) < 4.78 is 1.85. The summed E-state index contributed by atoms with van der Waals surface area (Å²) in [4.78, 5) is 6.73. The molecule has 1 aliphatic rings. The third kappa shape index (κ3) is 2.41. The van der Waals surface area contributed by atoms with Crippen LogP contribution in [-0.4, -0.2) is 27.9 Å². The van der Waals surface area contributed by atoms with Crippen molar-refractivity contribution < 1.29 is 0 Å². The van der Waals surface area contributed by atoms with Crippen molar-refractivity contribution in [1.82, 2.24) is 20.1 Å². The van der Waals surface area contributed by atoms with Gasteiger partial charge in [0.15, 0.2) is 0 Å². The van der Waals surface area contributed by atoms with E-state index in [9.17, 15) is 0 Å². The lowest BCUT2D eigenvalue weighted by atomic mass is 9.96.